The van der Waals surface area contributed by atoms with Crippen LogP contribution in [0.1, 0.15) is 38.7 Å². The van der Waals surface area contributed by atoms with Crippen molar-refractivity contribution in [1.82, 2.24) is 10.6 Å². The summed E-state index contributed by atoms with van der Waals surface area (Å²) in [6, 6.07) is 6.76. The van der Waals surface area contributed by atoms with Crippen LogP contribution in [0.3, 0.4) is 0 Å². The first kappa shape index (κ1) is 19.4. The minimum absolute atomic E-state index is 0.182. The van der Waals surface area contributed by atoms with Crippen LogP contribution in [0.2, 0.25) is 0 Å². The van der Waals surface area contributed by atoms with Crippen molar-refractivity contribution in [3.8, 4) is 0 Å². The van der Waals surface area contributed by atoms with Gasteiger partial charge in [-0.3, -0.25) is 4.99 Å². The van der Waals surface area contributed by atoms with E-state index in [0.717, 1.165) is 43.9 Å². The van der Waals surface area contributed by atoms with Crippen LogP contribution < -0.4 is 10.6 Å². The first-order chi connectivity index (χ1) is 11.0. The third-order valence-corrected chi connectivity index (χ3v) is 3.85. The molecule has 0 aliphatic heterocycles. The van der Waals surface area contributed by atoms with E-state index in [0.29, 0.717) is 6.54 Å². The molecule has 0 bridgehead atoms. The van der Waals surface area contributed by atoms with E-state index in [9.17, 15) is 4.39 Å². The Bertz CT molecular complexity index is 489. The summed E-state index contributed by atoms with van der Waals surface area (Å²) in [5.41, 5.74) is 0.790. The lowest BCUT2D eigenvalue weighted by Crippen LogP contribution is -2.43. The average Bonchev–Trinajstić information content (AvgIpc) is 2.53. The summed E-state index contributed by atoms with van der Waals surface area (Å²) >= 11 is 0. The standard InChI is InChI=1S/C18H30FN3O/c1-18(2,15-9-8-10-16(19)13-15)14-22-17(20-3)21-11-6-5-7-12-23-4/h8-10,13H,5-7,11-12,14H2,1-4H3,(H2,20,21,22). The number of halogens is 1. The molecule has 0 unspecified atom stereocenters. The highest BCUT2D eigenvalue weighted by Gasteiger charge is 2.21. The Kier molecular flexibility index (Phi) is 8.62. The maximum absolute atomic E-state index is 13.4. The van der Waals surface area contributed by atoms with Gasteiger partial charge in [0, 0.05) is 39.3 Å². The summed E-state index contributed by atoms with van der Waals surface area (Å²) in [7, 11) is 3.49. The fraction of sp³-hybridized carbons (Fsp3) is 0.611. The van der Waals surface area contributed by atoms with Crippen molar-refractivity contribution in [1.29, 1.82) is 0 Å². The molecule has 5 heteroatoms. The summed E-state index contributed by atoms with van der Waals surface area (Å²) in [4.78, 5) is 4.23. The summed E-state index contributed by atoms with van der Waals surface area (Å²) in [5, 5.41) is 6.63. The largest absolute Gasteiger partial charge is 0.385 e. The highest BCUT2D eigenvalue weighted by molar-refractivity contribution is 5.79. The summed E-state index contributed by atoms with van der Waals surface area (Å²) in [6.45, 7) is 6.55. The minimum atomic E-state index is -0.200. The monoisotopic (exact) mass is 323 g/mol. The molecule has 1 rings (SSSR count). The molecule has 1 aromatic rings. The Morgan fingerprint density at radius 3 is 2.65 bits per heavy atom. The highest BCUT2D eigenvalue weighted by Crippen LogP contribution is 2.22. The van der Waals surface area contributed by atoms with Crippen molar-refractivity contribution in [2.75, 3.05) is 33.9 Å². The number of nitrogens with one attached hydrogen (secondary N) is 2. The van der Waals surface area contributed by atoms with Gasteiger partial charge in [0.2, 0.25) is 0 Å². The molecule has 130 valence electrons. The predicted molar refractivity (Wildman–Crippen MR) is 94.5 cm³/mol. The van der Waals surface area contributed by atoms with E-state index in [4.69, 9.17) is 4.74 Å². The van der Waals surface area contributed by atoms with E-state index in [1.807, 2.05) is 6.07 Å². The van der Waals surface area contributed by atoms with Crippen LogP contribution in [-0.2, 0) is 10.2 Å². The molecule has 0 spiro atoms. The molecule has 0 aliphatic carbocycles. The van der Waals surface area contributed by atoms with Gasteiger partial charge < -0.3 is 15.4 Å². The van der Waals surface area contributed by atoms with E-state index in [-0.39, 0.29) is 11.2 Å². The van der Waals surface area contributed by atoms with Crippen molar-refractivity contribution in [3.05, 3.63) is 35.6 Å². The van der Waals surface area contributed by atoms with Crippen LogP contribution in [0, 0.1) is 5.82 Å². The molecule has 2 N–H and O–H groups in total. The Morgan fingerprint density at radius 1 is 1.22 bits per heavy atom. The zero-order valence-electron chi connectivity index (χ0n) is 14.8. The van der Waals surface area contributed by atoms with E-state index < -0.39 is 0 Å². The third-order valence-electron chi connectivity index (χ3n) is 3.85. The van der Waals surface area contributed by atoms with Gasteiger partial charge in [0.25, 0.3) is 0 Å². The molecule has 23 heavy (non-hydrogen) atoms. The fourth-order valence-electron chi connectivity index (χ4n) is 2.29. The van der Waals surface area contributed by atoms with Gasteiger partial charge >= 0.3 is 0 Å². The van der Waals surface area contributed by atoms with Crippen LogP contribution in [0.4, 0.5) is 4.39 Å². The van der Waals surface area contributed by atoms with Gasteiger partial charge in [0.15, 0.2) is 5.96 Å². The number of aliphatic imine (C=N–C) groups is 1. The van der Waals surface area contributed by atoms with Crippen molar-refractivity contribution in [2.24, 2.45) is 4.99 Å². The molecular weight excluding hydrogens is 293 g/mol. The van der Waals surface area contributed by atoms with E-state index in [2.05, 4.69) is 29.5 Å². The van der Waals surface area contributed by atoms with Gasteiger partial charge in [-0.05, 0) is 37.0 Å². The van der Waals surface area contributed by atoms with Crippen LogP contribution in [0.5, 0.6) is 0 Å². The van der Waals surface area contributed by atoms with Crippen molar-refractivity contribution in [3.63, 3.8) is 0 Å². The Labute approximate surface area is 139 Å². The zero-order valence-corrected chi connectivity index (χ0v) is 14.8. The first-order valence-electron chi connectivity index (χ1n) is 8.19. The molecule has 0 saturated carbocycles. The molecular formula is C18H30FN3O. The molecule has 0 amide bonds. The SMILES string of the molecule is CN=C(NCCCCCOC)NCC(C)(C)c1cccc(F)c1. The van der Waals surface area contributed by atoms with Gasteiger partial charge in [0.05, 0.1) is 0 Å². The molecule has 0 aromatic heterocycles. The number of methoxy groups -OCH3 is 1. The Hall–Kier alpha value is -1.62. The Balaban J connectivity index is 2.38. The number of ether oxygens (including phenoxy) is 1. The number of unbranched alkanes of at least 4 members (excludes halogenated alkanes) is 2. The van der Waals surface area contributed by atoms with Gasteiger partial charge in [-0.25, -0.2) is 4.39 Å². The number of nitrogens with zero attached hydrogens (tertiary/aromatic N) is 1. The number of benzene rings is 1. The second kappa shape index (κ2) is 10.2. The molecule has 0 fully saturated rings. The van der Waals surface area contributed by atoms with E-state index >= 15 is 0 Å². The van der Waals surface area contributed by atoms with Crippen molar-refractivity contribution < 1.29 is 9.13 Å². The van der Waals surface area contributed by atoms with Crippen LogP contribution in [0.15, 0.2) is 29.3 Å². The maximum atomic E-state index is 13.4. The predicted octanol–water partition coefficient (Wildman–Crippen LogP) is 3.09. The lowest BCUT2D eigenvalue weighted by molar-refractivity contribution is 0.192. The topological polar surface area (TPSA) is 45.7 Å². The quantitative estimate of drug-likeness (QED) is 0.417. The van der Waals surface area contributed by atoms with E-state index in [1.54, 1.807) is 26.3 Å². The first-order valence-corrected chi connectivity index (χ1v) is 8.19. The number of rotatable bonds is 9. The smallest absolute Gasteiger partial charge is 0.191 e. The summed E-state index contributed by atoms with van der Waals surface area (Å²) < 4.78 is 18.4. The molecule has 0 saturated heterocycles. The second-order valence-electron chi connectivity index (χ2n) is 6.30. The number of hydrogen-bond acceptors (Lipinski definition) is 2. The normalized spacial score (nSPS) is 12.3. The fourth-order valence-corrected chi connectivity index (χ4v) is 2.29. The molecule has 0 aliphatic rings. The molecule has 0 radical (unpaired) electrons. The summed E-state index contributed by atoms with van der Waals surface area (Å²) in [5.74, 6) is 0.579. The Morgan fingerprint density at radius 2 is 2.00 bits per heavy atom. The zero-order chi connectivity index (χ0) is 17.1. The summed E-state index contributed by atoms with van der Waals surface area (Å²) in [6.07, 6.45) is 3.29. The van der Waals surface area contributed by atoms with Gasteiger partial charge in [-0.15, -0.1) is 0 Å². The third kappa shape index (κ3) is 7.46. The average molecular weight is 323 g/mol. The van der Waals surface area contributed by atoms with Crippen LogP contribution in [0.25, 0.3) is 0 Å². The van der Waals surface area contributed by atoms with E-state index in [1.165, 1.54) is 6.07 Å². The molecule has 1 aromatic carbocycles. The van der Waals surface area contributed by atoms with Gasteiger partial charge in [-0.1, -0.05) is 26.0 Å². The highest BCUT2D eigenvalue weighted by atomic mass is 19.1. The lowest BCUT2D eigenvalue weighted by Gasteiger charge is -2.26. The van der Waals surface area contributed by atoms with Crippen molar-refractivity contribution in [2.45, 2.75) is 38.5 Å². The second-order valence-corrected chi connectivity index (χ2v) is 6.30. The van der Waals surface area contributed by atoms with Crippen LogP contribution >= 0.6 is 0 Å². The van der Waals surface area contributed by atoms with Gasteiger partial charge in [-0.2, -0.15) is 0 Å². The minimum Gasteiger partial charge on any atom is -0.385 e. The number of guanidine groups is 1. The lowest BCUT2D eigenvalue weighted by atomic mass is 9.84. The molecule has 0 heterocycles. The van der Waals surface area contributed by atoms with Crippen LogP contribution in [-0.4, -0.2) is 39.8 Å². The molecule has 0 atom stereocenters. The van der Waals surface area contributed by atoms with Crippen molar-refractivity contribution >= 4 is 5.96 Å². The number of hydrogen-bond donors (Lipinski definition) is 2. The van der Waals surface area contributed by atoms with Gasteiger partial charge in [0.1, 0.15) is 5.82 Å². The molecule has 4 nitrogen and oxygen atoms in total. The maximum Gasteiger partial charge on any atom is 0.191 e.